The molecule has 5 nitrogen and oxygen atoms in total. The van der Waals surface area contributed by atoms with Crippen LogP contribution in [0.4, 0.5) is 0 Å². The van der Waals surface area contributed by atoms with Crippen LogP contribution >= 0.6 is 0 Å². The average Bonchev–Trinajstić information content (AvgIpc) is 2.65. The number of hydrogen-bond donors (Lipinski definition) is 0. The Morgan fingerprint density at radius 1 is 0.792 bits per heavy atom. The van der Waals surface area contributed by atoms with Gasteiger partial charge in [0.2, 0.25) is 0 Å². The molecule has 0 saturated heterocycles. The summed E-state index contributed by atoms with van der Waals surface area (Å²) in [6.45, 7) is 0. The second-order valence-electron chi connectivity index (χ2n) is 4.88. The topological polar surface area (TPSA) is 54.0 Å². The first-order valence-electron chi connectivity index (χ1n) is 7.29. The van der Waals surface area contributed by atoms with Gasteiger partial charge in [0.1, 0.15) is 11.5 Å². The quantitative estimate of drug-likeness (QED) is 0.574. The van der Waals surface area contributed by atoms with Crippen molar-refractivity contribution in [2.75, 3.05) is 28.4 Å². The summed E-state index contributed by atoms with van der Waals surface area (Å²) in [6, 6.07) is 10.5. The summed E-state index contributed by atoms with van der Waals surface area (Å²) in [5.74, 6) is 2.15. The molecule has 0 aromatic heterocycles. The van der Waals surface area contributed by atoms with E-state index in [2.05, 4.69) is 0 Å². The number of ether oxygens (including phenoxy) is 4. The molecule has 0 aliphatic carbocycles. The molecule has 0 fully saturated rings. The van der Waals surface area contributed by atoms with E-state index in [-0.39, 0.29) is 5.78 Å². The van der Waals surface area contributed by atoms with Gasteiger partial charge in [-0.3, -0.25) is 4.79 Å². The fraction of sp³-hybridized carbons (Fsp3) is 0.211. The van der Waals surface area contributed by atoms with Crippen LogP contribution in [0.25, 0.3) is 6.08 Å². The van der Waals surface area contributed by atoms with Crippen molar-refractivity contribution in [1.82, 2.24) is 0 Å². The van der Waals surface area contributed by atoms with Gasteiger partial charge in [-0.1, -0.05) is 12.1 Å². The number of benzene rings is 2. The van der Waals surface area contributed by atoms with E-state index < -0.39 is 0 Å². The van der Waals surface area contributed by atoms with Crippen molar-refractivity contribution in [3.8, 4) is 23.0 Å². The molecule has 0 amide bonds. The molecule has 0 unspecified atom stereocenters. The maximum absolute atomic E-state index is 12.5. The van der Waals surface area contributed by atoms with Crippen molar-refractivity contribution in [2.24, 2.45) is 0 Å². The Labute approximate surface area is 141 Å². The Kier molecular flexibility index (Phi) is 5.84. The van der Waals surface area contributed by atoms with Crippen LogP contribution in [0.2, 0.25) is 0 Å². The Balaban J connectivity index is 2.27. The van der Waals surface area contributed by atoms with Gasteiger partial charge in [-0.05, 0) is 42.0 Å². The summed E-state index contributed by atoms with van der Waals surface area (Å²) in [4.78, 5) is 12.5. The maximum Gasteiger partial charge on any atom is 0.189 e. The Morgan fingerprint density at radius 3 is 2.08 bits per heavy atom. The molecular weight excluding hydrogens is 308 g/mol. The van der Waals surface area contributed by atoms with E-state index in [1.165, 1.54) is 13.2 Å². The molecule has 0 aliphatic rings. The Bertz CT molecular complexity index is 749. The van der Waals surface area contributed by atoms with E-state index in [4.69, 9.17) is 18.9 Å². The molecule has 0 bridgehead atoms. The van der Waals surface area contributed by atoms with E-state index in [9.17, 15) is 4.79 Å². The van der Waals surface area contributed by atoms with Crippen molar-refractivity contribution in [3.05, 3.63) is 53.6 Å². The molecule has 5 heteroatoms. The van der Waals surface area contributed by atoms with E-state index >= 15 is 0 Å². The van der Waals surface area contributed by atoms with E-state index in [1.54, 1.807) is 57.7 Å². The minimum atomic E-state index is -0.180. The molecule has 2 aromatic rings. The highest BCUT2D eigenvalue weighted by Crippen LogP contribution is 2.28. The Morgan fingerprint density at radius 2 is 1.46 bits per heavy atom. The lowest BCUT2D eigenvalue weighted by Crippen LogP contribution is -1.99. The van der Waals surface area contributed by atoms with E-state index in [0.29, 0.717) is 28.6 Å². The highest BCUT2D eigenvalue weighted by molar-refractivity contribution is 6.08. The summed E-state index contributed by atoms with van der Waals surface area (Å²) in [7, 11) is 6.22. The largest absolute Gasteiger partial charge is 0.497 e. The van der Waals surface area contributed by atoms with Gasteiger partial charge in [-0.25, -0.2) is 0 Å². The van der Waals surface area contributed by atoms with Crippen LogP contribution in [-0.2, 0) is 0 Å². The van der Waals surface area contributed by atoms with E-state index in [1.807, 2.05) is 6.07 Å². The molecular formula is C19H20O5. The maximum atomic E-state index is 12.5. The minimum Gasteiger partial charge on any atom is -0.497 e. The van der Waals surface area contributed by atoms with Crippen molar-refractivity contribution in [3.63, 3.8) is 0 Å². The van der Waals surface area contributed by atoms with Gasteiger partial charge in [0, 0.05) is 0 Å². The SMILES string of the molecule is COc1ccc(OC)c(C(=O)/C=C/c2ccc(OC)c(OC)c2)c1. The summed E-state index contributed by atoms with van der Waals surface area (Å²) < 4.78 is 20.8. The van der Waals surface area contributed by atoms with Gasteiger partial charge in [0.25, 0.3) is 0 Å². The highest BCUT2D eigenvalue weighted by atomic mass is 16.5. The highest BCUT2D eigenvalue weighted by Gasteiger charge is 2.11. The second kappa shape index (κ2) is 8.06. The first-order chi connectivity index (χ1) is 11.6. The standard InChI is InChI=1S/C19H20O5/c1-21-14-7-10-17(22-2)15(12-14)16(20)8-5-13-6-9-18(23-3)19(11-13)24-4/h5-12H,1-4H3/b8-5+. The summed E-state index contributed by atoms with van der Waals surface area (Å²) in [5.41, 5.74) is 1.26. The predicted molar refractivity (Wildman–Crippen MR) is 92.5 cm³/mol. The van der Waals surface area contributed by atoms with Crippen molar-refractivity contribution >= 4 is 11.9 Å². The fourth-order valence-electron chi connectivity index (χ4n) is 2.22. The molecule has 2 aromatic carbocycles. The number of rotatable bonds is 7. The first kappa shape index (κ1) is 17.4. The smallest absolute Gasteiger partial charge is 0.189 e. The average molecular weight is 328 g/mol. The molecule has 0 saturated carbocycles. The molecule has 2 rings (SSSR count). The van der Waals surface area contributed by atoms with Gasteiger partial charge in [0.15, 0.2) is 17.3 Å². The lowest BCUT2D eigenvalue weighted by molar-refractivity contribution is 0.104. The van der Waals surface area contributed by atoms with Gasteiger partial charge in [0.05, 0.1) is 34.0 Å². The third kappa shape index (κ3) is 3.87. The van der Waals surface area contributed by atoms with Crippen LogP contribution in [0.15, 0.2) is 42.5 Å². The lowest BCUT2D eigenvalue weighted by atomic mass is 10.1. The fourth-order valence-corrected chi connectivity index (χ4v) is 2.22. The predicted octanol–water partition coefficient (Wildman–Crippen LogP) is 3.62. The van der Waals surface area contributed by atoms with Crippen LogP contribution in [0.3, 0.4) is 0 Å². The molecule has 0 aliphatic heterocycles. The number of hydrogen-bond acceptors (Lipinski definition) is 5. The number of ketones is 1. The van der Waals surface area contributed by atoms with Crippen LogP contribution in [-0.4, -0.2) is 34.2 Å². The zero-order valence-corrected chi connectivity index (χ0v) is 14.2. The van der Waals surface area contributed by atoms with Gasteiger partial charge in [-0.2, -0.15) is 0 Å². The van der Waals surface area contributed by atoms with Gasteiger partial charge >= 0.3 is 0 Å². The van der Waals surface area contributed by atoms with Crippen LogP contribution < -0.4 is 18.9 Å². The summed E-state index contributed by atoms with van der Waals surface area (Å²) >= 11 is 0. The zero-order chi connectivity index (χ0) is 17.5. The number of methoxy groups -OCH3 is 4. The molecule has 24 heavy (non-hydrogen) atoms. The van der Waals surface area contributed by atoms with E-state index in [0.717, 1.165) is 5.56 Å². The molecule has 0 spiro atoms. The summed E-state index contributed by atoms with van der Waals surface area (Å²) in [5, 5.41) is 0. The normalized spacial score (nSPS) is 10.5. The number of carbonyl (C=O) groups excluding carboxylic acids is 1. The zero-order valence-electron chi connectivity index (χ0n) is 14.2. The first-order valence-corrected chi connectivity index (χ1v) is 7.29. The molecule has 0 N–H and O–H groups in total. The summed E-state index contributed by atoms with van der Waals surface area (Å²) in [6.07, 6.45) is 3.20. The molecule has 126 valence electrons. The number of allylic oxidation sites excluding steroid dienone is 1. The lowest BCUT2D eigenvalue weighted by Gasteiger charge is -2.08. The van der Waals surface area contributed by atoms with Crippen molar-refractivity contribution in [1.29, 1.82) is 0 Å². The second-order valence-corrected chi connectivity index (χ2v) is 4.88. The number of carbonyl (C=O) groups is 1. The van der Waals surface area contributed by atoms with Crippen LogP contribution in [0.5, 0.6) is 23.0 Å². The van der Waals surface area contributed by atoms with Crippen molar-refractivity contribution in [2.45, 2.75) is 0 Å². The third-order valence-electron chi connectivity index (χ3n) is 3.51. The minimum absolute atomic E-state index is 0.180. The molecule has 0 heterocycles. The molecule has 0 atom stereocenters. The third-order valence-corrected chi connectivity index (χ3v) is 3.51. The van der Waals surface area contributed by atoms with Gasteiger partial charge < -0.3 is 18.9 Å². The Hall–Kier alpha value is -2.95. The van der Waals surface area contributed by atoms with Gasteiger partial charge in [-0.15, -0.1) is 0 Å². The van der Waals surface area contributed by atoms with Crippen LogP contribution in [0, 0.1) is 0 Å². The van der Waals surface area contributed by atoms with Crippen LogP contribution in [0.1, 0.15) is 15.9 Å². The van der Waals surface area contributed by atoms with Crippen molar-refractivity contribution < 1.29 is 23.7 Å². The monoisotopic (exact) mass is 328 g/mol. The molecule has 0 radical (unpaired) electrons.